The van der Waals surface area contributed by atoms with Gasteiger partial charge in [-0.05, 0) is 37.1 Å². The Morgan fingerprint density at radius 3 is 2.45 bits per heavy atom. The SMILES string of the molecule is O=C(O)C1CCCCN1Cc1ccc(S(=O)(=O)C(F)F)cc1. The fraction of sp³-hybridized carbons (Fsp3) is 0.500. The molecule has 0 spiro atoms. The molecular weight excluding hydrogens is 316 g/mol. The van der Waals surface area contributed by atoms with Crippen LogP contribution >= 0.6 is 0 Å². The molecule has 22 heavy (non-hydrogen) atoms. The van der Waals surface area contributed by atoms with Gasteiger partial charge in [0, 0.05) is 6.54 Å². The first-order valence-corrected chi connectivity index (χ1v) is 8.45. The minimum atomic E-state index is -4.59. The van der Waals surface area contributed by atoms with E-state index in [-0.39, 0.29) is 0 Å². The number of halogens is 2. The predicted octanol–water partition coefficient (Wildman–Crippen LogP) is 2.12. The molecule has 2 rings (SSSR count). The number of carboxylic acid groups (broad SMARTS) is 1. The maximum atomic E-state index is 12.5. The first kappa shape index (κ1) is 16.8. The highest BCUT2D eigenvalue weighted by atomic mass is 32.2. The molecule has 8 heteroatoms. The summed E-state index contributed by atoms with van der Waals surface area (Å²) in [6, 6.07) is 4.61. The molecule has 0 amide bonds. The number of benzene rings is 1. The largest absolute Gasteiger partial charge is 0.480 e. The number of piperidine rings is 1. The number of hydrogen-bond acceptors (Lipinski definition) is 4. The summed E-state index contributed by atoms with van der Waals surface area (Å²) in [5.74, 6) is -4.33. The molecule has 0 aliphatic carbocycles. The number of carbonyl (C=O) groups is 1. The van der Waals surface area contributed by atoms with Gasteiger partial charge in [-0.25, -0.2) is 8.42 Å². The lowest BCUT2D eigenvalue weighted by Crippen LogP contribution is -2.43. The summed E-state index contributed by atoms with van der Waals surface area (Å²) in [7, 11) is -4.59. The van der Waals surface area contributed by atoms with Crippen LogP contribution in [-0.2, 0) is 21.2 Å². The molecule has 0 radical (unpaired) electrons. The minimum Gasteiger partial charge on any atom is -0.480 e. The molecule has 1 heterocycles. The Morgan fingerprint density at radius 2 is 1.91 bits per heavy atom. The molecule has 1 aliphatic rings. The van der Waals surface area contributed by atoms with Crippen LogP contribution in [0.1, 0.15) is 24.8 Å². The van der Waals surface area contributed by atoms with E-state index in [1.807, 2.05) is 4.90 Å². The molecular formula is C14H17F2NO4S. The first-order valence-electron chi connectivity index (χ1n) is 6.90. The second-order valence-corrected chi connectivity index (χ2v) is 7.19. The van der Waals surface area contributed by atoms with Crippen LogP contribution in [0.25, 0.3) is 0 Å². The van der Waals surface area contributed by atoms with Gasteiger partial charge in [0.1, 0.15) is 6.04 Å². The molecule has 1 aliphatic heterocycles. The van der Waals surface area contributed by atoms with E-state index in [0.717, 1.165) is 25.0 Å². The van der Waals surface area contributed by atoms with Gasteiger partial charge in [-0.3, -0.25) is 9.69 Å². The highest BCUT2D eigenvalue weighted by molar-refractivity contribution is 7.91. The third-order valence-corrected chi connectivity index (χ3v) is 5.17. The van der Waals surface area contributed by atoms with Gasteiger partial charge in [0.2, 0.25) is 9.84 Å². The number of carboxylic acids is 1. The monoisotopic (exact) mass is 333 g/mol. The van der Waals surface area contributed by atoms with Crippen molar-refractivity contribution in [3.05, 3.63) is 29.8 Å². The van der Waals surface area contributed by atoms with E-state index in [9.17, 15) is 27.1 Å². The van der Waals surface area contributed by atoms with Crippen LogP contribution in [-0.4, -0.2) is 42.7 Å². The first-order chi connectivity index (χ1) is 10.3. The lowest BCUT2D eigenvalue weighted by atomic mass is 10.0. The molecule has 1 fully saturated rings. The fourth-order valence-corrected chi connectivity index (χ4v) is 3.30. The number of hydrogen-bond donors (Lipinski definition) is 1. The van der Waals surface area contributed by atoms with Crippen LogP contribution in [0.2, 0.25) is 0 Å². The Kier molecular flexibility index (Phi) is 5.12. The Morgan fingerprint density at radius 1 is 1.27 bits per heavy atom. The molecule has 0 saturated carbocycles. The lowest BCUT2D eigenvalue weighted by molar-refractivity contribution is -0.144. The number of nitrogens with zero attached hydrogens (tertiary/aromatic N) is 1. The average molecular weight is 333 g/mol. The standard InChI is InChI=1S/C14H17F2NO4S/c15-14(16)22(20,21)11-6-4-10(5-7-11)9-17-8-2-1-3-12(17)13(18)19/h4-7,12,14H,1-3,8-9H2,(H,18,19). The zero-order valence-electron chi connectivity index (χ0n) is 11.8. The maximum absolute atomic E-state index is 12.5. The van der Waals surface area contributed by atoms with Crippen LogP contribution in [0.15, 0.2) is 29.2 Å². The number of likely N-dealkylation sites (tertiary alicyclic amines) is 1. The highest BCUT2D eigenvalue weighted by Gasteiger charge is 2.29. The summed E-state index contributed by atoms with van der Waals surface area (Å²) < 4.78 is 47.6. The van der Waals surface area contributed by atoms with Gasteiger partial charge in [0.25, 0.3) is 0 Å². The van der Waals surface area contributed by atoms with E-state index in [2.05, 4.69) is 0 Å². The molecule has 1 atom stereocenters. The van der Waals surface area contributed by atoms with E-state index in [1.165, 1.54) is 12.1 Å². The Bertz CT molecular complexity index is 631. The van der Waals surface area contributed by atoms with E-state index >= 15 is 0 Å². The molecule has 5 nitrogen and oxygen atoms in total. The van der Waals surface area contributed by atoms with Crippen LogP contribution < -0.4 is 0 Å². The summed E-state index contributed by atoms with van der Waals surface area (Å²) >= 11 is 0. The van der Waals surface area contributed by atoms with Crippen molar-refractivity contribution in [3.63, 3.8) is 0 Å². The summed E-state index contributed by atoms with van der Waals surface area (Å²) in [6.07, 6.45) is 2.34. The molecule has 1 aromatic rings. The molecule has 122 valence electrons. The number of aliphatic carboxylic acids is 1. The summed E-state index contributed by atoms with van der Waals surface area (Å²) in [5, 5.41) is 9.19. The third kappa shape index (κ3) is 3.61. The van der Waals surface area contributed by atoms with Gasteiger partial charge >= 0.3 is 11.7 Å². The van der Waals surface area contributed by atoms with Crippen molar-refractivity contribution >= 4 is 15.8 Å². The number of sulfone groups is 1. The summed E-state index contributed by atoms with van der Waals surface area (Å²) in [4.78, 5) is 12.6. The van der Waals surface area contributed by atoms with Crippen molar-refractivity contribution in [2.45, 2.75) is 42.5 Å². The van der Waals surface area contributed by atoms with Crippen molar-refractivity contribution in [3.8, 4) is 0 Å². The highest BCUT2D eigenvalue weighted by Crippen LogP contribution is 2.22. The van der Waals surface area contributed by atoms with Gasteiger partial charge in [0.05, 0.1) is 4.90 Å². The van der Waals surface area contributed by atoms with E-state index in [0.29, 0.717) is 25.1 Å². The molecule has 1 aromatic carbocycles. The third-order valence-electron chi connectivity index (χ3n) is 3.77. The molecule has 0 bridgehead atoms. The van der Waals surface area contributed by atoms with Crippen molar-refractivity contribution in [2.75, 3.05) is 6.54 Å². The second-order valence-electron chi connectivity index (χ2n) is 5.27. The van der Waals surface area contributed by atoms with Gasteiger partial charge in [-0.1, -0.05) is 18.6 Å². The quantitative estimate of drug-likeness (QED) is 0.893. The normalized spacial score (nSPS) is 20.2. The fourth-order valence-electron chi connectivity index (χ4n) is 2.58. The van der Waals surface area contributed by atoms with Gasteiger partial charge < -0.3 is 5.11 Å². The predicted molar refractivity (Wildman–Crippen MR) is 75.3 cm³/mol. The maximum Gasteiger partial charge on any atom is 0.341 e. The smallest absolute Gasteiger partial charge is 0.341 e. The van der Waals surface area contributed by atoms with Crippen molar-refractivity contribution < 1.29 is 27.1 Å². The van der Waals surface area contributed by atoms with Crippen molar-refractivity contribution in [1.82, 2.24) is 4.90 Å². The molecule has 1 unspecified atom stereocenters. The van der Waals surface area contributed by atoms with Crippen LogP contribution in [0, 0.1) is 0 Å². The van der Waals surface area contributed by atoms with Gasteiger partial charge in [-0.15, -0.1) is 0 Å². The minimum absolute atomic E-state index is 0.353. The van der Waals surface area contributed by atoms with E-state index in [1.54, 1.807) is 0 Å². The average Bonchev–Trinajstić information content (AvgIpc) is 2.48. The van der Waals surface area contributed by atoms with Gasteiger partial charge in [0.15, 0.2) is 0 Å². The van der Waals surface area contributed by atoms with Crippen LogP contribution in [0.3, 0.4) is 0 Å². The second kappa shape index (κ2) is 6.70. The number of rotatable bonds is 5. The van der Waals surface area contributed by atoms with Crippen molar-refractivity contribution in [2.24, 2.45) is 0 Å². The Hall–Kier alpha value is -1.54. The topological polar surface area (TPSA) is 74.7 Å². The van der Waals surface area contributed by atoms with Crippen molar-refractivity contribution in [1.29, 1.82) is 0 Å². The summed E-state index contributed by atoms with van der Waals surface area (Å²) in [6.45, 7) is 1.00. The Labute approximate surface area is 127 Å². The molecule has 1 saturated heterocycles. The lowest BCUT2D eigenvalue weighted by Gasteiger charge is -2.32. The summed E-state index contributed by atoms with van der Waals surface area (Å²) in [5.41, 5.74) is 0.696. The number of alkyl halides is 2. The van der Waals surface area contributed by atoms with Crippen LogP contribution in [0.5, 0.6) is 0 Å². The van der Waals surface area contributed by atoms with E-state index < -0.39 is 32.5 Å². The zero-order valence-corrected chi connectivity index (χ0v) is 12.6. The Balaban J connectivity index is 2.12. The van der Waals surface area contributed by atoms with Crippen LogP contribution in [0.4, 0.5) is 8.78 Å². The molecule has 0 aromatic heterocycles. The van der Waals surface area contributed by atoms with Gasteiger partial charge in [-0.2, -0.15) is 8.78 Å². The van der Waals surface area contributed by atoms with E-state index in [4.69, 9.17) is 0 Å². The zero-order chi connectivity index (χ0) is 16.3. The molecule has 1 N–H and O–H groups in total.